The van der Waals surface area contributed by atoms with Crippen LogP contribution in [0.5, 0.6) is 0 Å². The Labute approximate surface area is 255 Å². The molecule has 5 nitrogen and oxygen atoms in total. The molecule has 1 atom stereocenters. The quantitative estimate of drug-likeness (QED) is 0.128. The van der Waals surface area contributed by atoms with Gasteiger partial charge < -0.3 is 14.6 Å². The average Bonchev–Trinajstić information content (AvgIpc) is 2.98. The molecule has 1 aromatic carbocycles. The first-order valence-corrected chi connectivity index (χ1v) is 16.5. The first-order valence-electron chi connectivity index (χ1n) is 16.5. The monoisotopic (exact) mass is 580 g/mol. The fourth-order valence-corrected chi connectivity index (χ4v) is 6.83. The van der Waals surface area contributed by atoms with E-state index in [0.717, 1.165) is 23.3 Å². The van der Waals surface area contributed by atoms with Gasteiger partial charge in [0.2, 0.25) is 0 Å². The topological polar surface area (TPSA) is 72.8 Å². The number of aliphatic hydroxyl groups is 1. The first-order chi connectivity index (χ1) is 20.0. The number of hydrogen-bond acceptors (Lipinski definition) is 5. The van der Waals surface area contributed by atoms with E-state index in [2.05, 4.69) is 44.3 Å². The van der Waals surface area contributed by atoms with Crippen LogP contribution in [0.3, 0.4) is 0 Å². The number of unbranched alkanes of at least 4 members (excludes halogenated alkanes) is 2. The highest BCUT2D eigenvalue weighted by Crippen LogP contribution is 2.44. The minimum absolute atomic E-state index is 0.00524. The molecule has 42 heavy (non-hydrogen) atoms. The van der Waals surface area contributed by atoms with E-state index in [1.54, 1.807) is 6.92 Å². The third-order valence-electron chi connectivity index (χ3n) is 9.75. The molecule has 0 bridgehead atoms. The van der Waals surface area contributed by atoms with Gasteiger partial charge in [-0.15, -0.1) is 0 Å². The van der Waals surface area contributed by atoms with Gasteiger partial charge in [-0.1, -0.05) is 82.9 Å². The Hall–Kier alpha value is -2.40. The van der Waals surface area contributed by atoms with Gasteiger partial charge in [0.1, 0.15) is 0 Å². The molecular formula is C37H56O5. The lowest BCUT2D eigenvalue weighted by atomic mass is 9.68. The minimum atomic E-state index is -1.36. The van der Waals surface area contributed by atoms with Gasteiger partial charge in [-0.3, -0.25) is 0 Å². The molecule has 0 amide bonds. The van der Waals surface area contributed by atoms with Crippen LogP contribution < -0.4 is 0 Å². The molecule has 1 aromatic rings. The number of benzene rings is 1. The second-order valence-electron chi connectivity index (χ2n) is 13.7. The number of esters is 2. The van der Waals surface area contributed by atoms with Crippen molar-refractivity contribution in [1.82, 2.24) is 0 Å². The van der Waals surface area contributed by atoms with Gasteiger partial charge in [0.15, 0.2) is 0 Å². The Morgan fingerprint density at radius 3 is 1.95 bits per heavy atom. The van der Waals surface area contributed by atoms with Crippen LogP contribution in [0.25, 0.3) is 0 Å². The summed E-state index contributed by atoms with van der Waals surface area (Å²) in [7, 11) is 0. The molecule has 1 unspecified atom stereocenters. The molecule has 2 aliphatic rings. The van der Waals surface area contributed by atoms with E-state index < -0.39 is 17.5 Å². The van der Waals surface area contributed by atoms with Gasteiger partial charge in [0, 0.05) is 11.5 Å². The van der Waals surface area contributed by atoms with Crippen LogP contribution >= 0.6 is 0 Å². The van der Waals surface area contributed by atoms with Crippen LogP contribution in [0.4, 0.5) is 0 Å². The summed E-state index contributed by atoms with van der Waals surface area (Å²) in [6.45, 7) is 14.4. The number of ether oxygens (including phenoxy) is 2. The molecule has 0 radical (unpaired) electrons. The zero-order valence-corrected chi connectivity index (χ0v) is 26.8. The summed E-state index contributed by atoms with van der Waals surface area (Å²) < 4.78 is 10.9. The van der Waals surface area contributed by atoms with Gasteiger partial charge in [0.25, 0.3) is 0 Å². The summed E-state index contributed by atoms with van der Waals surface area (Å²) >= 11 is 0. The zero-order valence-electron chi connectivity index (χ0n) is 26.8. The largest absolute Gasteiger partial charge is 0.462 e. The lowest BCUT2D eigenvalue weighted by molar-refractivity contribution is -0.145. The summed E-state index contributed by atoms with van der Waals surface area (Å²) in [5, 5.41) is 10.1. The molecule has 5 heteroatoms. The molecule has 0 spiro atoms. The predicted octanol–water partition coefficient (Wildman–Crippen LogP) is 8.50. The summed E-state index contributed by atoms with van der Waals surface area (Å²) in [5.74, 6) is 2.13. The molecule has 1 N–H and O–H groups in total. The molecule has 2 fully saturated rings. The number of hydrogen-bond donors (Lipinski definition) is 1. The molecule has 0 saturated heterocycles. The molecule has 0 heterocycles. The third kappa shape index (κ3) is 10.7. The Balaban J connectivity index is 1.50. The van der Waals surface area contributed by atoms with E-state index in [1.807, 2.05) is 0 Å². The van der Waals surface area contributed by atoms with Crippen molar-refractivity contribution in [3.63, 3.8) is 0 Å². The van der Waals surface area contributed by atoms with Crippen molar-refractivity contribution in [3.05, 3.63) is 59.7 Å². The van der Waals surface area contributed by atoms with E-state index in [1.165, 1.54) is 96.5 Å². The van der Waals surface area contributed by atoms with Crippen molar-refractivity contribution in [3.8, 4) is 0 Å². The van der Waals surface area contributed by atoms with E-state index in [-0.39, 0.29) is 24.7 Å². The van der Waals surface area contributed by atoms with Gasteiger partial charge >= 0.3 is 11.9 Å². The van der Waals surface area contributed by atoms with E-state index >= 15 is 0 Å². The van der Waals surface area contributed by atoms with Crippen LogP contribution in [-0.2, 0) is 25.5 Å². The van der Waals surface area contributed by atoms with E-state index in [0.29, 0.717) is 17.9 Å². The van der Waals surface area contributed by atoms with Gasteiger partial charge in [-0.25, -0.2) is 9.59 Å². The van der Waals surface area contributed by atoms with Crippen molar-refractivity contribution in [2.75, 3.05) is 13.2 Å². The summed E-state index contributed by atoms with van der Waals surface area (Å²) in [6, 6.07) is 8.82. The van der Waals surface area contributed by atoms with Crippen molar-refractivity contribution in [2.24, 2.45) is 23.7 Å². The highest BCUT2D eigenvalue weighted by atomic mass is 16.5. The number of rotatable bonds is 15. The van der Waals surface area contributed by atoms with Gasteiger partial charge in [-0.2, -0.15) is 0 Å². The van der Waals surface area contributed by atoms with E-state index in [4.69, 9.17) is 9.47 Å². The number of carbonyl (C=O) groups excluding carboxylic acids is 2. The number of carbonyl (C=O) groups is 2. The summed E-state index contributed by atoms with van der Waals surface area (Å²) in [5.41, 5.74) is 1.48. The molecule has 3 rings (SSSR count). The highest BCUT2D eigenvalue weighted by Gasteiger charge is 2.31. The first kappa shape index (κ1) is 34.1. The maximum Gasteiger partial charge on any atom is 0.336 e. The fourth-order valence-electron chi connectivity index (χ4n) is 6.83. The highest BCUT2D eigenvalue weighted by molar-refractivity contribution is 5.89. The normalized spacial score (nSPS) is 23.5. The molecular weight excluding hydrogens is 524 g/mol. The second kappa shape index (κ2) is 16.4. The molecule has 0 aliphatic heterocycles. The fraction of sp³-hybridized carbons (Fsp3) is 0.676. The molecule has 2 aliphatic carbocycles. The Morgan fingerprint density at radius 1 is 0.881 bits per heavy atom. The maximum absolute atomic E-state index is 12.4. The Morgan fingerprint density at radius 2 is 1.43 bits per heavy atom. The second-order valence-corrected chi connectivity index (χ2v) is 13.7. The molecule has 0 aromatic heterocycles. The van der Waals surface area contributed by atoms with Crippen molar-refractivity contribution in [1.29, 1.82) is 0 Å². The van der Waals surface area contributed by atoms with E-state index in [9.17, 15) is 14.7 Å². The molecule has 2 saturated carbocycles. The Kier molecular flexibility index (Phi) is 13.4. The van der Waals surface area contributed by atoms with Gasteiger partial charge in [0.05, 0.1) is 24.4 Å². The van der Waals surface area contributed by atoms with Crippen molar-refractivity contribution in [2.45, 2.75) is 123 Å². The minimum Gasteiger partial charge on any atom is -0.462 e. The van der Waals surface area contributed by atoms with Crippen LogP contribution in [0.1, 0.15) is 122 Å². The van der Waals surface area contributed by atoms with Crippen LogP contribution in [0, 0.1) is 23.7 Å². The van der Waals surface area contributed by atoms with Crippen molar-refractivity contribution < 1.29 is 24.2 Å². The van der Waals surface area contributed by atoms with Crippen LogP contribution in [0.15, 0.2) is 48.6 Å². The zero-order chi connectivity index (χ0) is 30.7. The predicted molar refractivity (Wildman–Crippen MR) is 170 cm³/mol. The lowest BCUT2D eigenvalue weighted by Gasteiger charge is -2.38. The SMILES string of the molecule is C=C(C)C(=O)OCC(COC(=O)C(=C)C(C)(C)O)Cc1ccc(C2CCC(C3CCC(CCCCC)CC3)CC2)cc1. The standard InChI is InChI=1S/C37H56O5/c1-7-8-9-10-28-11-15-31(16-12-28)33-19-21-34(22-20-33)32-17-13-29(14-18-32)23-30(24-41-35(38)26(2)3)25-42-36(39)27(4)37(5,6)40/h13-14,17-18,28,30-31,33-34,40H,2,4,7-12,15-16,19-25H2,1,3,5-6H3. The summed E-state index contributed by atoms with van der Waals surface area (Å²) in [6.07, 6.45) is 17.3. The molecule has 234 valence electrons. The van der Waals surface area contributed by atoms with Crippen LogP contribution in [-0.4, -0.2) is 35.9 Å². The Bertz CT molecular complexity index is 1020. The third-order valence-corrected chi connectivity index (χ3v) is 9.75. The summed E-state index contributed by atoms with van der Waals surface area (Å²) in [4.78, 5) is 24.4. The maximum atomic E-state index is 12.4. The average molecular weight is 581 g/mol. The smallest absolute Gasteiger partial charge is 0.336 e. The van der Waals surface area contributed by atoms with Crippen molar-refractivity contribution >= 4 is 11.9 Å². The lowest BCUT2D eigenvalue weighted by Crippen LogP contribution is -2.30. The van der Waals surface area contributed by atoms with Crippen LogP contribution in [0.2, 0.25) is 0 Å². The van der Waals surface area contributed by atoms with Gasteiger partial charge in [-0.05, 0) is 101 Å².